The lowest BCUT2D eigenvalue weighted by molar-refractivity contribution is -0.134. The van der Waals surface area contributed by atoms with Crippen LogP contribution in [0.5, 0.6) is 5.75 Å². The van der Waals surface area contributed by atoms with Gasteiger partial charge in [-0.2, -0.15) is 8.78 Å². The van der Waals surface area contributed by atoms with E-state index in [2.05, 4.69) is 5.32 Å². The third kappa shape index (κ3) is 6.99. The van der Waals surface area contributed by atoms with E-state index in [1.54, 1.807) is 30.3 Å². The monoisotopic (exact) mass is 475 g/mol. The van der Waals surface area contributed by atoms with Gasteiger partial charge >= 0.3 is 11.9 Å². The highest BCUT2D eigenvalue weighted by Crippen LogP contribution is 2.34. The van der Waals surface area contributed by atoms with Gasteiger partial charge in [0.15, 0.2) is 11.9 Å². The molecule has 33 heavy (non-hydrogen) atoms. The number of nitrogens with one attached hydrogen (secondary N) is 1. The molecular formula is C21H18F5NO6. The summed E-state index contributed by atoms with van der Waals surface area (Å²) < 4.78 is 78.7. The Bertz CT molecular complexity index is 967. The Hall–Kier alpha value is -3.51. The summed E-state index contributed by atoms with van der Waals surface area (Å²) in [5, 5.41) is 18.7. The predicted molar refractivity (Wildman–Crippen MR) is 103 cm³/mol. The van der Waals surface area contributed by atoms with Crippen molar-refractivity contribution < 1.29 is 51.2 Å². The molecule has 2 aromatic carbocycles. The average Bonchev–Trinajstić information content (AvgIpc) is 2.82. The molecule has 2 aromatic rings. The summed E-state index contributed by atoms with van der Waals surface area (Å²) in [6, 6.07) is 8.29. The fraction of sp³-hybridized carbons (Fsp3) is 0.238. The van der Waals surface area contributed by atoms with Crippen molar-refractivity contribution in [3.05, 3.63) is 77.1 Å². The second kappa shape index (κ2) is 11.9. The molecule has 0 saturated carbocycles. The molecule has 0 aromatic heterocycles. The number of carboxylic acids is 2. The molecule has 1 heterocycles. The van der Waals surface area contributed by atoms with Crippen molar-refractivity contribution >= 4 is 11.9 Å². The summed E-state index contributed by atoms with van der Waals surface area (Å²) in [4.78, 5) is 19.1. The topological polar surface area (TPSA) is 105 Å². The standard InChI is InChI=1S/C17H14F5NO2.C4H4O4/c18-11-12(19)14(21)17(15(22)13(11)20)25-16(9-4-2-1-3-5-9)10-8-23-6-7-24-10;5-3(6)1-2-4(7)8/h1-5,10,16,23H,6-8H2;1-2H,(H,5,6)(H,7,8)/b;2-1+/t10-,16-;/m0./s1. The van der Waals surface area contributed by atoms with Crippen LogP contribution in [0.15, 0.2) is 42.5 Å². The molecule has 3 rings (SSSR count). The normalized spacial score (nSPS) is 16.6. The lowest BCUT2D eigenvalue weighted by Gasteiger charge is -2.31. The fourth-order valence-electron chi connectivity index (χ4n) is 2.74. The van der Waals surface area contributed by atoms with Crippen LogP contribution in [0.25, 0.3) is 0 Å². The number of halogens is 5. The first-order chi connectivity index (χ1) is 15.6. The maximum absolute atomic E-state index is 13.9. The van der Waals surface area contributed by atoms with Crippen LogP contribution in [-0.2, 0) is 14.3 Å². The molecule has 0 radical (unpaired) electrons. The van der Waals surface area contributed by atoms with E-state index < -0.39 is 59.0 Å². The van der Waals surface area contributed by atoms with Crippen LogP contribution in [0.4, 0.5) is 22.0 Å². The summed E-state index contributed by atoms with van der Waals surface area (Å²) in [6.07, 6.45) is -0.599. The van der Waals surface area contributed by atoms with Crippen LogP contribution in [0.1, 0.15) is 11.7 Å². The van der Waals surface area contributed by atoms with Crippen molar-refractivity contribution in [2.24, 2.45) is 0 Å². The van der Waals surface area contributed by atoms with Crippen LogP contribution < -0.4 is 10.1 Å². The molecule has 178 valence electrons. The van der Waals surface area contributed by atoms with Gasteiger partial charge in [-0.05, 0) is 5.56 Å². The molecule has 1 fully saturated rings. The molecule has 0 unspecified atom stereocenters. The van der Waals surface area contributed by atoms with Gasteiger partial charge in [0.05, 0.1) is 6.61 Å². The quantitative estimate of drug-likeness (QED) is 0.255. The summed E-state index contributed by atoms with van der Waals surface area (Å²) in [7, 11) is 0. The van der Waals surface area contributed by atoms with E-state index in [0.717, 1.165) is 0 Å². The highest BCUT2D eigenvalue weighted by atomic mass is 19.2. The number of ether oxygens (including phenoxy) is 2. The number of morpholine rings is 1. The molecule has 1 aliphatic heterocycles. The fourth-order valence-corrected chi connectivity index (χ4v) is 2.74. The Morgan fingerprint density at radius 1 is 0.939 bits per heavy atom. The number of carboxylic acid groups (broad SMARTS) is 2. The van der Waals surface area contributed by atoms with Crippen molar-refractivity contribution in [2.75, 3.05) is 19.7 Å². The SMILES string of the molecule is Fc1c(F)c(F)c(O[C@@H](c2ccccc2)[C@@H]2CNCCO2)c(F)c1F.O=C(O)/C=C/C(=O)O. The van der Waals surface area contributed by atoms with Crippen LogP contribution in [0.2, 0.25) is 0 Å². The van der Waals surface area contributed by atoms with Gasteiger partial charge in [-0.15, -0.1) is 0 Å². The molecule has 7 nitrogen and oxygen atoms in total. The van der Waals surface area contributed by atoms with E-state index in [4.69, 9.17) is 19.7 Å². The zero-order valence-corrected chi connectivity index (χ0v) is 16.7. The number of benzene rings is 2. The number of aliphatic carboxylic acids is 2. The first-order valence-electron chi connectivity index (χ1n) is 9.32. The lowest BCUT2D eigenvalue weighted by atomic mass is 10.0. The first kappa shape index (κ1) is 25.7. The minimum Gasteiger partial charge on any atom is -0.478 e. The molecule has 2 atom stereocenters. The first-order valence-corrected chi connectivity index (χ1v) is 9.32. The van der Waals surface area contributed by atoms with Gasteiger partial charge in [-0.1, -0.05) is 30.3 Å². The lowest BCUT2D eigenvalue weighted by Crippen LogP contribution is -2.43. The van der Waals surface area contributed by atoms with Gasteiger partial charge in [-0.3, -0.25) is 0 Å². The maximum atomic E-state index is 13.9. The van der Waals surface area contributed by atoms with Crippen molar-refractivity contribution in [3.8, 4) is 5.75 Å². The predicted octanol–water partition coefficient (Wildman–Crippen LogP) is 3.20. The molecular weight excluding hydrogens is 457 g/mol. The van der Waals surface area contributed by atoms with Crippen LogP contribution >= 0.6 is 0 Å². The Kier molecular flexibility index (Phi) is 9.30. The zero-order chi connectivity index (χ0) is 24.5. The Morgan fingerprint density at radius 2 is 1.45 bits per heavy atom. The molecule has 0 amide bonds. The largest absolute Gasteiger partial charge is 0.478 e. The molecule has 3 N–H and O–H groups in total. The van der Waals surface area contributed by atoms with E-state index >= 15 is 0 Å². The highest BCUT2D eigenvalue weighted by molar-refractivity contribution is 5.89. The maximum Gasteiger partial charge on any atom is 0.328 e. The third-order valence-electron chi connectivity index (χ3n) is 4.20. The van der Waals surface area contributed by atoms with Crippen LogP contribution in [-0.4, -0.2) is 48.0 Å². The van der Waals surface area contributed by atoms with E-state index in [0.29, 0.717) is 37.4 Å². The molecule has 0 spiro atoms. The Balaban J connectivity index is 0.000000414. The zero-order valence-electron chi connectivity index (χ0n) is 16.7. The summed E-state index contributed by atoms with van der Waals surface area (Å²) in [6.45, 7) is 1.21. The van der Waals surface area contributed by atoms with Crippen LogP contribution in [0, 0.1) is 29.1 Å². The molecule has 12 heteroatoms. The van der Waals surface area contributed by atoms with E-state index in [1.807, 2.05) is 0 Å². The average molecular weight is 475 g/mol. The third-order valence-corrected chi connectivity index (χ3v) is 4.20. The number of rotatable bonds is 6. The number of carbonyl (C=O) groups is 2. The number of hydrogen-bond acceptors (Lipinski definition) is 5. The van der Waals surface area contributed by atoms with Crippen molar-refractivity contribution in [3.63, 3.8) is 0 Å². The second-order valence-corrected chi connectivity index (χ2v) is 6.47. The minimum atomic E-state index is -2.23. The van der Waals surface area contributed by atoms with Gasteiger partial charge in [0, 0.05) is 25.2 Å². The van der Waals surface area contributed by atoms with Gasteiger partial charge in [-0.25, -0.2) is 22.8 Å². The van der Waals surface area contributed by atoms with Gasteiger partial charge in [0.2, 0.25) is 29.1 Å². The van der Waals surface area contributed by atoms with Crippen molar-refractivity contribution in [1.82, 2.24) is 5.32 Å². The highest BCUT2D eigenvalue weighted by Gasteiger charge is 2.33. The molecule has 0 bridgehead atoms. The Morgan fingerprint density at radius 3 is 1.91 bits per heavy atom. The van der Waals surface area contributed by atoms with Crippen molar-refractivity contribution in [2.45, 2.75) is 12.2 Å². The second-order valence-electron chi connectivity index (χ2n) is 6.47. The van der Waals surface area contributed by atoms with Crippen LogP contribution in [0.3, 0.4) is 0 Å². The van der Waals surface area contributed by atoms with E-state index in [1.165, 1.54) is 0 Å². The Labute approximate surface area is 184 Å². The number of hydrogen-bond donors (Lipinski definition) is 3. The minimum absolute atomic E-state index is 0.301. The van der Waals surface area contributed by atoms with Gasteiger partial charge in [0.25, 0.3) is 0 Å². The van der Waals surface area contributed by atoms with E-state index in [9.17, 15) is 31.5 Å². The van der Waals surface area contributed by atoms with Crippen molar-refractivity contribution in [1.29, 1.82) is 0 Å². The van der Waals surface area contributed by atoms with Gasteiger partial charge < -0.3 is 25.0 Å². The summed E-state index contributed by atoms with van der Waals surface area (Å²) in [5.74, 6) is -14.2. The molecule has 1 aliphatic rings. The smallest absolute Gasteiger partial charge is 0.328 e. The van der Waals surface area contributed by atoms with E-state index in [-0.39, 0.29) is 0 Å². The van der Waals surface area contributed by atoms with Gasteiger partial charge in [0.1, 0.15) is 6.10 Å². The molecule has 0 aliphatic carbocycles. The summed E-state index contributed by atoms with van der Waals surface area (Å²) >= 11 is 0. The molecule has 1 saturated heterocycles. The summed E-state index contributed by atoms with van der Waals surface area (Å²) in [5.41, 5.74) is 0.486.